The number of fused-ring (bicyclic) bond motifs is 1. The molecule has 0 fully saturated rings. The van der Waals surface area contributed by atoms with Gasteiger partial charge in [0.05, 0.1) is 12.7 Å². The molecule has 0 bridgehead atoms. The molecular formula is C17H18N4O4. The summed E-state index contributed by atoms with van der Waals surface area (Å²) in [7, 11) is 4.26. The molecule has 2 unspecified atom stereocenters. The van der Waals surface area contributed by atoms with Gasteiger partial charge in [0, 0.05) is 38.1 Å². The van der Waals surface area contributed by atoms with E-state index in [-0.39, 0.29) is 5.82 Å². The lowest BCUT2D eigenvalue weighted by atomic mass is 9.77. The lowest BCUT2D eigenvalue weighted by molar-refractivity contribution is -0.143. The Hall–Kier alpha value is -3.03. The maximum Gasteiger partial charge on any atom is 0.332 e. The van der Waals surface area contributed by atoms with Crippen molar-refractivity contribution < 1.29 is 9.53 Å². The Morgan fingerprint density at radius 2 is 1.80 bits per heavy atom. The van der Waals surface area contributed by atoms with Gasteiger partial charge in [0.15, 0.2) is 0 Å². The van der Waals surface area contributed by atoms with Gasteiger partial charge in [0.1, 0.15) is 11.7 Å². The van der Waals surface area contributed by atoms with E-state index in [4.69, 9.17) is 4.74 Å². The number of pyridine rings is 1. The SMILES string of the molecule is COC(=O)C1C(C)=Nc2c(c(=O)n(C)c(=O)n2C)C1c1ccncc1. The van der Waals surface area contributed by atoms with Gasteiger partial charge in [-0.15, -0.1) is 0 Å². The summed E-state index contributed by atoms with van der Waals surface area (Å²) >= 11 is 0. The molecule has 0 amide bonds. The summed E-state index contributed by atoms with van der Waals surface area (Å²) in [6.45, 7) is 1.70. The van der Waals surface area contributed by atoms with Crippen LogP contribution in [0.2, 0.25) is 0 Å². The third kappa shape index (κ3) is 2.50. The highest BCUT2D eigenvalue weighted by molar-refractivity contribution is 6.04. The Bertz CT molecular complexity index is 988. The number of nitrogens with zero attached hydrogens (tertiary/aromatic N) is 4. The predicted octanol–water partition coefficient (Wildman–Crippen LogP) is 0.506. The van der Waals surface area contributed by atoms with Crippen molar-refractivity contribution in [2.24, 2.45) is 25.0 Å². The summed E-state index contributed by atoms with van der Waals surface area (Å²) in [6, 6.07) is 3.49. The number of esters is 1. The molecule has 2 aromatic heterocycles. The van der Waals surface area contributed by atoms with Crippen molar-refractivity contribution in [1.29, 1.82) is 0 Å². The van der Waals surface area contributed by atoms with E-state index in [2.05, 4.69) is 9.98 Å². The summed E-state index contributed by atoms with van der Waals surface area (Å²) in [5, 5.41) is 0. The van der Waals surface area contributed by atoms with Gasteiger partial charge in [-0.3, -0.25) is 23.7 Å². The van der Waals surface area contributed by atoms with E-state index >= 15 is 0 Å². The summed E-state index contributed by atoms with van der Waals surface area (Å²) in [4.78, 5) is 45.9. The van der Waals surface area contributed by atoms with E-state index in [1.807, 2.05) is 0 Å². The van der Waals surface area contributed by atoms with Crippen LogP contribution in [-0.2, 0) is 23.6 Å². The Labute approximate surface area is 143 Å². The van der Waals surface area contributed by atoms with Crippen LogP contribution in [0, 0.1) is 5.92 Å². The van der Waals surface area contributed by atoms with Crippen LogP contribution in [0.25, 0.3) is 0 Å². The van der Waals surface area contributed by atoms with E-state index in [1.165, 1.54) is 18.7 Å². The second-order valence-electron chi connectivity index (χ2n) is 5.96. The molecule has 8 nitrogen and oxygen atoms in total. The smallest absolute Gasteiger partial charge is 0.332 e. The molecule has 0 aromatic carbocycles. The summed E-state index contributed by atoms with van der Waals surface area (Å²) in [6.07, 6.45) is 3.19. The van der Waals surface area contributed by atoms with Crippen LogP contribution in [0.4, 0.5) is 5.82 Å². The molecule has 0 saturated heterocycles. The molecular weight excluding hydrogens is 324 g/mol. The van der Waals surface area contributed by atoms with Crippen LogP contribution in [0.5, 0.6) is 0 Å². The minimum atomic E-state index is -0.745. The van der Waals surface area contributed by atoms with Gasteiger partial charge in [-0.2, -0.15) is 0 Å². The first-order chi connectivity index (χ1) is 11.9. The molecule has 2 aromatic rings. The van der Waals surface area contributed by atoms with Crippen LogP contribution >= 0.6 is 0 Å². The van der Waals surface area contributed by atoms with Crippen molar-refractivity contribution in [2.75, 3.05) is 7.11 Å². The highest BCUT2D eigenvalue weighted by Crippen LogP contribution is 2.40. The second kappa shape index (κ2) is 6.12. The largest absolute Gasteiger partial charge is 0.468 e. The zero-order chi connectivity index (χ0) is 18.3. The summed E-state index contributed by atoms with van der Waals surface area (Å²) in [5.74, 6) is -1.56. The summed E-state index contributed by atoms with van der Waals surface area (Å²) in [5.41, 5.74) is 0.591. The van der Waals surface area contributed by atoms with E-state index in [0.717, 1.165) is 10.1 Å². The maximum absolute atomic E-state index is 12.8. The quantitative estimate of drug-likeness (QED) is 0.741. The maximum atomic E-state index is 12.8. The zero-order valence-corrected chi connectivity index (χ0v) is 14.4. The Morgan fingerprint density at radius 1 is 1.16 bits per heavy atom. The van der Waals surface area contributed by atoms with Gasteiger partial charge >= 0.3 is 11.7 Å². The lowest BCUT2D eigenvalue weighted by Gasteiger charge is -2.31. The minimum Gasteiger partial charge on any atom is -0.468 e. The van der Waals surface area contributed by atoms with Crippen molar-refractivity contribution in [2.45, 2.75) is 12.8 Å². The Balaban J connectivity index is 2.42. The van der Waals surface area contributed by atoms with Gasteiger partial charge in [-0.25, -0.2) is 9.79 Å². The van der Waals surface area contributed by atoms with Crippen LogP contribution < -0.4 is 11.2 Å². The lowest BCUT2D eigenvalue weighted by Crippen LogP contribution is -2.44. The molecule has 8 heteroatoms. The van der Waals surface area contributed by atoms with Gasteiger partial charge < -0.3 is 4.74 Å². The molecule has 25 heavy (non-hydrogen) atoms. The second-order valence-corrected chi connectivity index (χ2v) is 5.96. The molecule has 1 aliphatic heterocycles. The molecule has 0 radical (unpaired) electrons. The highest BCUT2D eigenvalue weighted by Gasteiger charge is 2.41. The van der Waals surface area contributed by atoms with Crippen molar-refractivity contribution in [3.05, 3.63) is 56.5 Å². The number of methoxy groups -OCH3 is 1. The van der Waals surface area contributed by atoms with E-state index in [9.17, 15) is 14.4 Å². The van der Waals surface area contributed by atoms with Gasteiger partial charge in [-0.05, 0) is 24.6 Å². The average Bonchev–Trinajstić information content (AvgIpc) is 2.63. The Kier molecular flexibility index (Phi) is 4.12. The van der Waals surface area contributed by atoms with Crippen LogP contribution in [0.1, 0.15) is 24.0 Å². The number of carbonyl (C=O) groups excluding carboxylic acids is 1. The van der Waals surface area contributed by atoms with Gasteiger partial charge in [0.25, 0.3) is 5.56 Å². The minimum absolute atomic E-state index is 0.271. The molecule has 0 aliphatic carbocycles. The van der Waals surface area contributed by atoms with Gasteiger partial charge in [0.2, 0.25) is 0 Å². The molecule has 3 rings (SSSR count). The zero-order valence-electron chi connectivity index (χ0n) is 14.4. The van der Waals surface area contributed by atoms with Gasteiger partial charge in [-0.1, -0.05) is 0 Å². The Morgan fingerprint density at radius 3 is 2.40 bits per heavy atom. The number of carbonyl (C=O) groups is 1. The van der Waals surface area contributed by atoms with Crippen molar-refractivity contribution in [3.8, 4) is 0 Å². The third-order valence-electron chi connectivity index (χ3n) is 4.56. The first-order valence-electron chi connectivity index (χ1n) is 7.71. The van der Waals surface area contributed by atoms with Crippen LogP contribution in [0.15, 0.2) is 39.1 Å². The van der Waals surface area contributed by atoms with E-state index in [1.54, 1.807) is 38.5 Å². The van der Waals surface area contributed by atoms with Crippen molar-refractivity contribution in [3.63, 3.8) is 0 Å². The molecule has 2 atom stereocenters. The fourth-order valence-electron chi connectivity index (χ4n) is 3.27. The normalized spacial score (nSPS) is 19.1. The average molecular weight is 342 g/mol. The molecule has 1 aliphatic rings. The molecule has 0 saturated carbocycles. The monoisotopic (exact) mass is 342 g/mol. The summed E-state index contributed by atoms with van der Waals surface area (Å²) < 4.78 is 7.28. The number of aliphatic imine (C=N–C) groups is 1. The molecule has 3 heterocycles. The number of hydrogen-bond donors (Lipinski definition) is 0. The highest BCUT2D eigenvalue weighted by atomic mass is 16.5. The van der Waals surface area contributed by atoms with Crippen LogP contribution in [0.3, 0.4) is 0 Å². The number of rotatable bonds is 2. The first-order valence-corrected chi connectivity index (χ1v) is 7.71. The predicted molar refractivity (Wildman–Crippen MR) is 91.3 cm³/mol. The van der Waals surface area contributed by atoms with Crippen molar-refractivity contribution >= 4 is 17.5 Å². The fourth-order valence-corrected chi connectivity index (χ4v) is 3.27. The molecule has 0 spiro atoms. The number of ether oxygens (including phenoxy) is 1. The van der Waals surface area contributed by atoms with Crippen molar-refractivity contribution in [1.82, 2.24) is 14.1 Å². The first kappa shape index (κ1) is 16.8. The fraction of sp³-hybridized carbons (Fsp3) is 0.353. The number of aromatic nitrogens is 3. The molecule has 0 N–H and O–H groups in total. The third-order valence-corrected chi connectivity index (χ3v) is 4.56. The van der Waals surface area contributed by atoms with E-state index in [0.29, 0.717) is 11.3 Å². The topological polar surface area (TPSA) is 95.5 Å². The number of hydrogen-bond acceptors (Lipinski definition) is 6. The standard InChI is InChI=1S/C17H18N4O4/c1-9-11(16(23)25-4)12(10-5-7-18-8-6-10)13-14(19-9)20(2)17(24)21(3)15(13)22/h5-8,11-12H,1-4H3. The van der Waals surface area contributed by atoms with E-state index < -0.39 is 29.1 Å². The molecule has 130 valence electrons. The van der Waals surface area contributed by atoms with Crippen LogP contribution in [-0.4, -0.2) is 32.9 Å².